The third-order valence-electron chi connectivity index (χ3n) is 5.46. The summed E-state index contributed by atoms with van der Waals surface area (Å²) >= 11 is 0. The second-order valence-electron chi connectivity index (χ2n) is 7.10. The van der Waals surface area contributed by atoms with Gasteiger partial charge in [0.25, 0.3) is 5.91 Å². The fourth-order valence-corrected chi connectivity index (χ4v) is 4.06. The third kappa shape index (κ3) is 3.39. The highest BCUT2D eigenvalue weighted by Gasteiger charge is 2.37. The predicted octanol–water partition coefficient (Wildman–Crippen LogP) is 2.56. The Bertz CT molecular complexity index is 757. The van der Waals surface area contributed by atoms with E-state index >= 15 is 0 Å². The molecule has 1 amide bonds. The summed E-state index contributed by atoms with van der Waals surface area (Å²) in [4.78, 5) is 22.2. The number of ether oxygens (including phenoxy) is 1. The summed E-state index contributed by atoms with van der Waals surface area (Å²) < 4.78 is 5.56. The lowest BCUT2D eigenvalue weighted by molar-refractivity contribution is 0.0665. The second kappa shape index (κ2) is 7.10. The van der Waals surface area contributed by atoms with Crippen LogP contribution in [-0.4, -0.2) is 66.1 Å². The standard InChI is InChI=1S/C20H25N3O2/c1-25-17-12-16(13-22-10-4-5-11-22)23(14-17)20(24)19-9-8-15-6-2-3-7-18(15)21-19/h2-3,6-9,16-17H,4-5,10-14H2,1H3/t16-,17-/m0/s1. The summed E-state index contributed by atoms with van der Waals surface area (Å²) in [6.45, 7) is 3.89. The van der Waals surface area contributed by atoms with Gasteiger partial charge < -0.3 is 14.5 Å². The number of aromatic nitrogens is 1. The van der Waals surface area contributed by atoms with Crippen LogP contribution in [0.5, 0.6) is 0 Å². The molecule has 25 heavy (non-hydrogen) atoms. The molecule has 0 radical (unpaired) electrons. The van der Waals surface area contributed by atoms with Crippen molar-refractivity contribution in [2.75, 3.05) is 33.3 Å². The van der Waals surface area contributed by atoms with E-state index in [1.165, 1.54) is 12.8 Å². The maximum atomic E-state index is 13.1. The first kappa shape index (κ1) is 16.5. The zero-order chi connectivity index (χ0) is 17.2. The van der Waals surface area contributed by atoms with Crippen molar-refractivity contribution in [1.29, 1.82) is 0 Å². The predicted molar refractivity (Wildman–Crippen MR) is 97.7 cm³/mol. The normalized spacial score (nSPS) is 24.3. The Morgan fingerprint density at radius 1 is 1.20 bits per heavy atom. The van der Waals surface area contributed by atoms with Crippen LogP contribution in [0.25, 0.3) is 10.9 Å². The lowest BCUT2D eigenvalue weighted by Gasteiger charge is -2.28. The molecule has 2 aliphatic rings. The van der Waals surface area contributed by atoms with E-state index in [-0.39, 0.29) is 18.1 Å². The highest BCUT2D eigenvalue weighted by Crippen LogP contribution is 2.25. The van der Waals surface area contributed by atoms with Crippen molar-refractivity contribution >= 4 is 16.8 Å². The first-order chi connectivity index (χ1) is 12.2. The Morgan fingerprint density at radius 2 is 2.00 bits per heavy atom. The van der Waals surface area contributed by atoms with Crippen LogP contribution in [0.2, 0.25) is 0 Å². The number of para-hydroxylation sites is 1. The second-order valence-corrected chi connectivity index (χ2v) is 7.10. The number of benzene rings is 1. The molecule has 0 saturated carbocycles. The lowest BCUT2D eigenvalue weighted by Crippen LogP contribution is -2.42. The summed E-state index contributed by atoms with van der Waals surface area (Å²) in [6, 6.07) is 12.0. The van der Waals surface area contributed by atoms with E-state index in [0.29, 0.717) is 12.2 Å². The average molecular weight is 339 g/mol. The van der Waals surface area contributed by atoms with Crippen molar-refractivity contribution in [3.63, 3.8) is 0 Å². The molecule has 2 saturated heterocycles. The SMILES string of the molecule is CO[C@H]1C[C@@H](CN2CCCC2)N(C(=O)c2ccc3ccccc3n2)C1. The number of hydrogen-bond acceptors (Lipinski definition) is 4. The summed E-state index contributed by atoms with van der Waals surface area (Å²) in [5.74, 6) is 0.0227. The summed E-state index contributed by atoms with van der Waals surface area (Å²) in [5, 5.41) is 1.06. The van der Waals surface area contributed by atoms with Crippen LogP contribution in [0.3, 0.4) is 0 Å². The zero-order valence-electron chi connectivity index (χ0n) is 14.7. The highest BCUT2D eigenvalue weighted by molar-refractivity contribution is 5.95. The Balaban J connectivity index is 1.56. The smallest absolute Gasteiger partial charge is 0.272 e. The average Bonchev–Trinajstić information content (AvgIpc) is 3.31. The van der Waals surface area contributed by atoms with Crippen LogP contribution in [-0.2, 0) is 4.74 Å². The van der Waals surface area contributed by atoms with Crippen molar-refractivity contribution in [3.8, 4) is 0 Å². The van der Waals surface area contributed by atoms with Gasteiger partial charge in [-0.25, -0.2) is 4.98 Å². The maximum absolute atomic E-state index is 13.1. The number of likely N-dealkylation sites (tertiary alicyclic amines) is 2. The number of hydrogen-bond donors (Lipinski definition) is 0. The van der Waals surface area contributed by atoms with Crippen molar-refractivity contribution in [3.05, 3.63) is 42.1 Å². The lowest BCUT2D eigenvalue weighted by atomic mass is 10.1. The summed E-state index contributed by atoms with van der Waals surface area (Å²) in [6.07, 6.45) is 3.56. The molecule has 132 valence electrons. The van der Waals surface area contributed by atoms with E-state index < -0.39 is 0 Å². The minimum atomic E-state index is 0.0227. The number of amides is 1. The molecule has 5 heteroatoms. The van der Waals surface area contributed by atoms with Crippen LogP contribution in [0, 0.1) is 0 Å². The first-order valence-corrected chi connectivity index (χ1v) is 9.16. The molecule has 2 aliphatic heterocycles. The highest BCUT2D eigenvalue weighted by atomic mass is 16.5. The maximum Gasteiger partial charge on any atom is 0.272 e. The number of nitrogens with zero attached hydrogens (tertiary/aromatic N) is 3. The van der Waals surface area contributed by atoms with Gasteiger partial charge in [-0.2, -0.15) is 0 Å². The fourth-order valence-electron chi connectivity index (χ4n) is 4.06. The zero-order valence-corrected chi connectivity index (χ0v) is 14.7. The Kier molecular flexibility index (Phi) is 4.68. The molecule has 3 heterocycles. The van der Waals surface area contributed by atoms with E-state index in [4.69, 9.17) is 4.74 Å². The van der Waals surface area contributed by atoms with Crippen LogP contribution in [0.4, 0.5) is 0 Å². The van der Waals surface area contributed by atoms with Gasteiger partial charge in [0.15, 0.2) is 0 Å². The molecule has 2 aromatic rings. The van der Waals surface area contributed by atoms with Gasteiger partial charge in [0.2, 0.25) is 0 Å². The van der Waals surface area contributed by atoms with E-state index in [1.807, 2.05) is 41.3 Å². The van der Waals surface area contributed by atoms with E-state index in [9.17, 15) is 4.79 Å². The molecule has 1 aromatic carbocycles. The number of pyridine rings is 1. The fraction of sp³-hybridized carbons (Fsp3) is 0.500. The van der Waals surface area contributed by atoms with Crippen molar-refractivity contribution in [2.45, 2.75) is 31.4 Å². The van der Waals surface area contributed by atoms with Gasteiger partial charge in [-0.05, 0) is 44.5 Å². The minimum Gasteiger partial charge on any atom is -0.380 e. The van der Waals surface area contributed by atoms with E-state index in [1.54, 1.807) is 7.11 Å². The van der Waals surface area contributed by atoms with Crippen LogP contribution in [0.15, 0.2) is 36.4 Å². The van der Waals surface area contributed by atoms with Crippen molar-refractivity contribution in [2.24, 2.45) is 0 Å². The monoisotopic (exact) mass is 339 g/mol. The molecule has 0 aliphatic carbocycles. The van der Waals surface area contributed by atoms with Gasteiger partial charge in [0.05, 0.1) is 11.6 Å². The Hall–Kier alpha value is -1.98. The molecule has 0 N–H and O–H groups in total. The summed E-state index contributed by atoms with van der Waals surface area (Å²) in [5.41, 5.74) is 1.40. The molecule has 2 atom stereocenters. The largest absolute Gasteiger partial charge is 0.380 e. The van der Waals surface area contributed by atoms with Gasteiger partial charge >= 0.3 is 0 Å². The first-order valence-electron chi connectivity index (χ1n) is 9.16. The van der Waals surface area contributed by atoms with Crippen LogP contribution < -0.4 is 0 Å². The molecule has 1 aromatic heterocycles. The Morgan fingerprint density at radius 3 is 2.80 bits per heavy atom. The van der Waals surface area contributed by atoms with Crippen LogP contribution in [0.1, 0.15) is 29.8 Å². The molecule has 5 nitrogen and oxygen atoms in total. The molecule has 0 bridgehead atoms. The van der Waals surface area contributed by atoms with Crippen molar-refractivity contribution < 1.29 is 9.53 Å². The quantitative estimate of drug-likeness (QED) is 0.859. The molecular formula is C20H25N3O2. The molecule has 0 unspecified atom stereocenters. The third-order valence-corrected chi connectivity index (χ3v) is 5.46. The number of carbonyl (C=O) groups is 1. The number of carbonyl (C=O) groups excluding carboxylic acids is 1. The summed E-state index contributed by atoms with van der Waals surface area (Å²) in [7, 11) is 1.74. The molecule has 0 spiro atoms. The number of methoxy groups -OCH3 is 1. The molecule has 4 rings (SSSR count). The van der Waals surface area contributed by atoms with Gasteiger partial charge in [0, 0.05) is 31.6 Å². The van der Waals surface area contributed by atoms with E-state index in [0.717, 1.165) is 37.0 Å². The number of fused-ring (bicyclic) bond motifs is 1. The minimum absolute atomic E-state index is 0.0227. The number of rotatable bonds is 4. The molecule has 2 fully saturated rings. The van der Waals surface area contributed by atoms with Crippen molar-refractivity contribution in [1.82, 2.24) is 14.8 Å². The Labute approximate surface area is 148 Å². The van der Waals surface area contributed by atoms with Gasteiger partial charge in [-0.15, -0.1) is 0 Å². The topological polar surface area (TPSA) is 45.7 Å². The van der Waals surface area contributed by atoms with Crippen LogP contribution >= 0.6 is 0 Å². The van der Waals surface area contributed by atoms with Gasteiger partial charge in [0.1, 0.15) is 5.69 Å². The van der Waals surface area contributed by atoms with Gasteiger partial charge in [-0.1, -0.05) is 24.3 Å². The molecular weight excluding hydrogens is 314 g/mol. The van der Waals surface area contributed by atoms with Gasteiger partial charge in [-0.3, -0.25) is 4.79 Å². The van der Waals surface area contributed by atoms with E-state index in [2.05, 4.69) is 9.88 Å².